The minimum absolute atomic E-state index is 0.543. The van der Waals surface area contributed by atoms with Gasteiger partial charge in [0.1, 0.15) is 5.15 Å². The summed E-state index contributed by atoms with van der Waals surface area (Å²) in [5, 5.41) is 4.61. The van der Waals surface area contributed by atoms with Gasteiger partial charge in [0.15, 0.2) is 5.65 Å². The lowest BCUT2D eigenvalue weighted by Gasteiger charge is -2.02. The molecule has 0 amide bonds. The average Bonchev–Trinajstić information content (AvgIpc) is 2.79. The highest BCUT2D eigenvalue weighted by atomic mass is 35.5. The van der Waals surface area contributed by atoms with Gasteiger partial charge in [-0.15, -0.1) is 0 Å². The summed E-state index contributed by atoms with van der Waals surface area (Å²) in [5.41, 5.74) is 2.54. The van der Waals surface area contributed by atoms with Crippen molar-refractivity contribution in [2.75, 3.05) is 0 Å². The van der Waals surface area contributed by atoms with Crippen LogP contribution >= 0.6 is 11.6 Å². The van der Waals surface area contributed by atoms with Crippen LogP contribution in [0, 0.1) is 0 Å². The van der Waals surface area contributed by atoms with E-state index in [1.807, 2.05) is 18.2 Å². The molecule has 16 heavy (non-hydrogen) atoms. The van der Waals surface area contributed by atoms with Crippen LogP contribution in [-0.4, -0.2) is 19.6 Å². The number of hydrogen-bond acceptors (Lipinski definition) is 3. The summed E-state index contributed by atoms with van der Waals surface area (Å²) >= 11 is 6.10. The molecular formula is C11H7ClN4. The summed E-state index contributed by atoms with van der Waals surface area (Å²) in [4.78, 5) is 8.42. The van der Waals surface area contributed by atoms with Crippen LogP contribution in [0.1, 0.15) is 0 Å². The van der Waals surface area contributed by atoms with E-state index in [-0.39, 0.29) is 0 Å². The molecule has 78 valence electrons. The zero-order valence-corrected chi connectivity index (χ0v) is 8.96. The van der Waals surface area contributed by atoms with E-state index >= 15 is 0 Å². The van der Waals surface area contributed by atoms with E-state index in [1.54, 1.807) is 29.2 Å². The normalized spacial score (nSPS) is 10.8. The Morgan fingerprint density at radius 1 is 1.06 bits per heavy atom. The van der Waals surface area contributed by atoms with Crippen LogP contribution in [0.4, 0.5) is 0 Å². The first-order valence-corrected chi connectivity index (χ1v) is 5.13. The van der Waals surface area contributed by atoms with E-state index in [2.05, 4.69) is 15.1 Å². The predicted molar refractivity (Wildman–Crippen MR) is 61.2 cm³/mol. The number of aromatic nitrogens is 4. The highest BCUT2D eigenvalue weighted by Gasteiger charge is 2.05. The lowest BCUT2D eigenvalue weighted by molar-refractivity contribution is 0.942. The second-order valence-electron chi connectivity index (χ2n) is 3.30. The largest absolute Gasteiger partial charge is 0.265 e. The summed E-state index contributed by atoms with van der Waals surface area (Å²) in [6, 6.07) is 7.39. The molecule has 3 heterocycles. The molecule has 3 aromatic heterocycles. The van der Waals surface area contributed by atoms with Crippen LogP contribution in [0.5, 0.6) is 0 Å². The Hall–Kier alpha value is -1.94. The summed E-state index contributed by atoms with van der Waals surface area (Å²) in [7, 11) is 0. The molecule has 0 spiro atoms. The Morgan fingerprint density at radius 3 is 2.69 bits per heavy atom. The molecule has 0 aliphatic carbocycles. The Kier molecular flexibility index (Phi) is 2.08. The van der Waals surface area contributed by atoms with Gasteiger partial charge in [-0.05, 0) is 12.1 Å². The van der Waals surface area contributed by atoms with E-state index in [4.69, 9.17) is 11.6 Å². The van der Waals surface area contributed by atoms with Crippen LogP contribution in [-0.2, 0) is 0 Å². The third-order valence-corrected chi connectivity index (χ3v) is 2.56. The van der Waals surface area contributed by atoms with Gasteiger partial charge in [0, 0.05) is 30.1 Å². The summed E-state index contributed by atoms with van der Waals surface area (Å²) in [6.45, 7) is 0. The first-order chi connectivity index (χ1) is 7.84. The van der Waals surface area contributed by atoms with E-state index in [0.29, 0.717) is 5.15 Å². The smallest absolute Gasteiger partial charge is 0.157 e. The molecule has 0 aliphatic rings. The number of hydrogen-bond donors (Lipinski definition) is 0. The van der Waals surface area contributed by atoms with Gasteiger partial charge in [-0.2, -0.15) is 5.10 Å². The molecule has 0 unspecified atom stereocenters. The first kappa shape index (κ1) is 9.30. The van der Waals surface area contributed by atoms with Crippen molar-refractivity contribution in [1.82, 2.24) is 19.6 Å². The fourth-order valence-electron chi connectivity index (χ4n) is 1.55. The molecule has 5 heteroatoms. The molecule has 0 aromatic carbocycles. The van der Waals surface area contributed by atoms with Gasteiger partial charge < -0.3 is 0 Å². The van der Waals surface area contributed by atoms with Crippen LogP contribution in [0.2, 0.25) is 5.15 Å². The summed E-state index contributed by atoms with van der Waals surface area (Å²) in [5.74, 6) is 0. The summed E-state index contributed by atoms with van der Waals surface area (Å²) < 4.78 is 1.59. The van der Waals surface area contributed by atoms with Gasteiger partial charge in [0.25, 0.3) is 0 Å². The van der Waals surface area contributed by atoms with Crippen LogP contribution in [0.25, 0.3) is 16.9 Å². The Morgan fingerprint density at radius 2 is 1.88 bits per heavy atom. The van der Waals surface area contributed by atoms with Gasteiger partial charge in [-0.1, -0.05) is 11.6 Å². The second kappa shape index (κ2) is 3.57. The van der Waals surface area contributed by atoms with Crippen molar-refractivity contribution in [2.24, 2.45) is 0 Å². The van der Waals surface area contributed by atoms with E-state index < -0.39 is 0 Å². The molecule has 0 atom stereocenters. The fraction of sp³-hybridized carbons (Fsp3) is 0. The number of fused-ring (bicyclic) bond motifs is 1. The van der Waals surface area contributed by atoms with Gasteiger partial charge >= 0.3 is 0 Å². The first-order valence-electron chi connectivity index (χ1n) is 4.75. The van der Waals surface area contributed by atoms with Gasteiger partial charge in [0.2, 0.25) is 0 Å². The van der Waals surface area contributed by atoms with Gasteiger partial charge in [-0.3, -0.25) is 4.98 Å². The monoisotopic (exact) mass is 230 g/mol. The molecule has 0 saturated heterocycles. The molecule has 4 nitrogen and oxygen atoms in total. The van der Waals surface area contributed by atoms with E-state index in [9.17, 15) is 0 Å². The summed E-state index contributed by atoms with van der Waals surface area (Å²) in [6.07, 6.45) is 5.13. The topological polar surface area (TPSA) is 43.1 Å². The average molecular weight is 231 g/mol. The van der Waals surface area contributed by atoms with Crippen LogP contribution in [0.3, 0.4) is 0 Å². The molecule has 0 N–H and O–H groups in total. The molecular weight excluding hydrogens is 224 g/mol. The Bertz CT molecular complexity index is 633. The highest BCUT2D eigenvalue weighted by molar-refractivity contribution is 6.30. The van der Waals surface area contributed by atoms with Crippen molar-refractivity contribution in [3.63, 3.8) is 0 Å². The van der Waals surface area contributed by atoms with E-state index in [1.165, 1.54) is 0 Å². The third kappa shape index (κ3) is 1.44. The zero-order chi connectivity index (χ0) is 11.0. The fourth-order valence-corrected chi connectivity index (χ4v) is 1.78. The quantitative estimate of drug-likeness (QED) is 0.603. The molecule has 0 bridgehead atoms. The van der Waals surface area contributed by atoms with Gasteiger partial charge in [-0.25, -0.2) is 9.50 Å². The zero-order valence-electron chi connectivity index (χ0n) is 8.21. The Labute approximate surface area is 96.5 Å². The number of rotatable bonds is 1. The minimum atomic E-state index is 0.543. The number of halogens is 1. The standard InChI is InChI=1S/C11H7ClN4/c12-10-7-9(8-1-4-13-5-2-8)15-11-3-6-14-16(10)11/h1-7H. The SMILES string of the molecule is Clc1cc(-c2ccncc2)nc2ccnn12. The lowest BCUT2D eigenvalue weighted by Crippen LogP contribution is -1.94. The maximum atomic E-state index is 6.10. The minimum Gasteiger partial charge on any atom is -0.265 e. The predicted octanol–water partition coefficient (Wildman–Crippen LogP) is 2.44. The van der Waals surface area contributed by atoms with E-state index in [0.717, 1.165) is 16.9 Å². The molecule has 0 aliphatic heterocycles. The molecule has 0 saturated carbocycles. The maximum absolute atomic E-state index is 6.10. The van der Waals surface area contributed by atoms with Crippen molar-refractivity contribution in [2.45, 2.75) is 0 Å². The van der Waals surface area contributed by atoms with Crippen molar-refractivity contribution in [3.05, 3.63) is 48.0 Å². The van der Waals surface area contributed by atoms with Gasteiger partial charge in [0.05, 0.1) is 11.9 Å². The lowest BCUT2D eigenvalue weighted by atomic mass is 10.2. The number of nitrogens with zero attached hydrogens (tertiary/aromatic N) is 4. The molecule has 0 fully saturated rings. The van der Waals surface area contributed by atoms with Crippen molar-refractivity contribution < 1.29 is 0 Å². The van der Waals surface area contributed by atoms with Crippen molar-refractivity contribution >= 4 is 17.2 Å². The maximum Gasteiger partial charge on any atom is 0.157 e. The van der Waals surface area contributed by atoms with Crippen molar-refractivity contribution in [1.29, 1.82) is 0 Å². The molecule has 0 radical (unpaired) electrons. The number of pyridine rings is 1. The molecule has 3 aromatic rings. The second-order valence-corrected chi connectivity index (χ2v) is 3.69. The molecule has 3 rings (SSSR count). The Balaban J connectivity index is 2.25. The third-order valence-electron chi connectivity index (χ3n) is 2.29. The van der Waals surface area contributed by atoms with Crippen LogP contribution < -0.4 is 0 Å². The van der Waals surface area contributed by atoms with Crippen LogP contribution in [0.15, 0.2) is 42.9 Å². The highest BCUT2D eigenvalue weighted by Crippen LogP contribution is 2.20. The van der Waals surface area contributed by atoms with Crippen molar-refractivity contribution in [3.8, 4) is 11.3 Å².